The van der Waals surface area contributed by atoms with Crippen LogP contribution < -0.4 is 0 Å². The molecule has 12 heavy (non-hydrogen) atoms. The summed E-state index contributed by atoms with van der Waals surface area (Å²) >= 11 is 0. The van der Waals surface area contributed by atoms with Crippen molar-refractivity contribution in [2.75, 3.05) is 26.7 Å². The Morgan fingerprint density at radius 1 is 1.42 bits per heavy atom. The Hall–Kier alpha value is -0.570. The number of nitrogens with zero attached hydrogens (tertiary/aromatic N) is 2. The fourth-order valence-corrected chi connectivity index (χ4v) is 1.20. The molecule has 0 amide bonds. The summed E-state index contributed by atoms with van der Waals surface area (Å²) in [5, 5.41) is 4.10. The minimum atomic E-state index is 0.749. The molecule has 1 saturated heterocycles. The van der Waals surface area contributed by atoms with Crippen LogP contribution in [0.15, 0.2) is 5.16 Å². The highest BCUT2D eigenvalue weighted by Crippen LogP contribution is 2.05. The first-order valence-electron chi connectivity index (χ1n) is 4.69. The molecular weight excluding hydrogens is 152 g/mol. The minimum Gasteiger partial charge on any atom is -0.396 e. The van der Waals surface area contributed by atoms with Gasteiger partial charge in [0.05, 0.1) is 5.71 Å². The van der Waals surface area contributed by atoms with Crippen molar-refractivity contribution in [1.82, 2.24) is 4.90 Å². The molecule has 1 aliphatic rings. The van der Waals surface area contributed by atoms with Gasteiger partial charge in [0.15, 0.2) is 0 Å². The van der Waals surface area contributed by atoms with Crippen LogP contribution >= 0.6 is 0 Å². The number of likely N-dealkylation sites (tertiary alicyclic amines) is 1. The van der Waals surface area contributed by atoms with E-state index in [1.807, 2.05) is 0 Å². The van der Waals surface area contributed by atoms with Crippen LogP contribution in [0.4, 0.5) is 0 Å². The Balaban J connectivity index is 2.19. The van der Waals surface area contributed by atoms with Crippen LogP contribution in [0, 0.1) is 0 Å². The van der Waals surface area contributed by atoms with Crippen LogP contribution in [0.25, 0.3) is 0 Å². The monoisotopic (exact) mass is 170 g/mol. The number of piperidine rings is 1. The maximum absolute atomic E-state index is 5.13. The third-order valence-electron chi connectivity index (χ3n) is 2.05. The Morgan fingerprint density at radius 3 is 2.67 bits per heavy atom. The lowest BCUT2D eigenvalue weighted by Crippen LogP contribution is -2.30. The summed E-state index contributed by atoms with van der Waals surface area (Å²) < 4.78 is 0. The zero-order valence-corrected chi connectivity index (χ0v) is 8.05. The van der Waals surface area contributed by atoms with Crippen molar-refractivity contribution in [2.24, 2.45) is 5.16 Å². The molecule has 1 heterocycles. The van der Waals surface area contributed by atoms with Crippen LogP contribution in [-0.2, 0) is 4.84 Å². The van der Waals surface area contributed by atoms with E-state index >= 15 is 0 Å². The van der Waals surface area contributed by atoms with E-state index in [-0.39, 0.29) is 0 Å². The Morgan fingerprint density at radius 2 is 2.08 bits per heavy atom. The standard InChI is InChI=1S/C9H18N2O/c1-3-8-12-10-9-4-6-11(2)7-5-9/h3-8H2,1-2H3. The van der Waals surface area contributed by atoms with Crippen LogP contribution in [0.3, 0.4) is 0 Å². The molecule has 0 spiro atoms. The van der Waals surface area contributed by atoms with Gasteiger partial charge in [-0.3, -0.25) is 0 Å². The second kappa shape index (κ2) is 5.14. The molecule has 0 atom stereocenters. The lowest BCUT2D eigenvalue weighted by atomic mass is 10.1. The molecule has 3 nitrogen and oxygen atoms in total. The van der Waals surface area contributed by atoms with Crippen molar-refractivity contribution in [1.29, 1.82) is 0 Å². The molecule has 0 aliphatic carbocycles. The van der Waals surface area contributed by atoms with Gasteiger partial charge in [0, 0.05) is 25.9 Å². The van der Waals surface area contributed by atoms with E-state index in [0.717, 1.165) is 39.0 Å². The summed E-state index contributed by atoms with van der Waals surface area (Å²) in [6.45, 7) is 5.08. The molecule has 0 bridgehead atoms. The molecule has 0 N–H and O–H groups in total. The number of hydrogen-bond acceptors (Lipinski definition) is 3. The van der Waals surface area contributed by atoms with Crippen LogP contribution in [0.5, 0.6) is 0 Å². The third kappa shape index (κ3) is 3.22. The van der Waals surface area contributed by atoms with E-state index in [0.29, 0.717) is 0 Å². The van der Waals surface area contributed by atoms with E-state index in [9.17, 15) is 0 Å². The van der Waals surface area contributed by atoms with E-state index < -0.39 is 0 Å². The van der Waals surface area contributed by atoms with Gasteiger partial charge < -0.3 is 9.74 Å². The van der Waals surface area contributed by atoms with Gasteiger partial charge in [-0.2, -0.15) is 0 Å². The van der Waals surface area contributed by atoms with Gasteiger partial charge in [-0.1, -0.05) is 12.1 Å². The van der Waals surface area contributed by atoms with Gasteiger partial charge in [0.2, 0.25) is 0 Å². The van der Waals surface area contributed by atoms with E-state index in [1.54, 1.807) is 0 Å². The van der Waals surface area contributed by atoms with Crippen LogP contribution in [0.1, 0.15) is 26.2 Å². The first-order valence-corrected chi connectivity index (χ1v) is 4.69. The first kappa shape index (κ1) is 9.52. The Labute approximate surface area is 74.4 Å². The molecule has 3 heteroatoms. The molecule has 1 rings (SSSR count). The fraction of sp³-hybridized carbons (Fsp3) is 0.889. The molecule has 70 valence electrons. The topological polar surface area (TPSA) is 24.8 Å². The highest BCUT2D eigenvalue weighted by atomic mass is 16.6. The first-order chi connectivity index (χ1) is 5.83. The van der Waals surface area contributed by atoms with Crippen LogP contribution in [-0.4, -0.2) is 37.4 Å². The maximum atomic E-state index is 5.13. The van der Waals surface area contributed by atoms with Gasteiger partial charge in [0.1, 0.15) is 6.61 Å². The molecule has 0 radical (unpaired) electrons. The van der Waals surface area contributed by atoms with Crippen molar-refractivity contribution >= 4 is 5.71 Å². The number of rotatable bonds is 3. The maximum Gasteiger partial charge on any atom is 0.116 e. The molecule has 0 saturated carbocycles. The molecule has 0 aromatic carbocycles. The summed E-state index contributed by atoms with van der Waals surface area (Å²) in [6.07, 6.45) is 3.18. The van der Waals surface area contributed by atoms with Gasteiger partial charge in [-0.15, -0.1) is 0 Å². The molecule has 0 aromatic rings. The smallest absolute Gasteiger partial charge is 0.116 e. The SMILES string of the molecule is CCCON=C1CCN(C)CC1. The lowest BCUT2D eigenvalue weighted by molar-refractivity contribution is 0.142. The number of hydrogen-bond donors (Lipinski definition) is 0. The second-order valence-corrected chi connectivity index (χ2v) is 3.29. The van der Waals surface area contributed by atoms with Crippen molar-refractivity contribution in [2.45, 2.75) is 26.2 Å². The van der Waals surface area contributed by atoms with E-state index in [4.69, 9.17) is 4.84 Å². The van der Waals surface area contributed by atoms with Gasteiger partial charge in [-0.05, 0) is 13.5 Å². The average molecular weight is 170 g/mol. The van der Waals surface area contributed by atoms with Gasteiger partial charge in [-0.25, -0.2) is 0 Å². The minimum absolute atomic E-state index is 0.749. The summed E-state index contributed by atoms with van der Waals surface area (Å²) in [5.74, 6) is 0. The summed E-state index contributed by atoms with van der Waals surface area (Å²) in [7, 11) is 2.14. The summed E-state index contributed by atoms with van der Waals surface area (Å²) in [5.41, 5.74) is 1.22. The quantitative estimate of drug-likeness (QED) is 0.473. The van der Waals surface area contributed by atoms with Crippen molar-refractivity contribution in [3.63, 3.8) is 0 Å². The zero-order valence-electron chi connectivity index (χ0n) is 8.05. The highest BCUT2D eigenvalue weighted by Gasteiger charge is 2.10. The average Bonchev–Trinajstić information content (AvgIpc) is 2.09. The van der Waals surface area contributed by atoms with E-state index in [1.165, 1.54) is 5.71 Å². The Bertz CT molecular complexity index is 147. The van der Waals surface area contributed by atoms with Crippen molar-refractivity contribution < 1.29 is 4.84 Å². The summed E-state index contributed by atoms with van der Waals surface area (Å²) in [4.78, 5) is 7.45. The lowest BCUT2D eigenvalue weighted by Gasteiger charge is -2.22. The summed E-state index contributed by atoms with van der Waals surface area (Å²) in [6, 6.07) is 0. The molecule has 0 unspecified atom stereocenters. The van der Waals surface area contributed by atoms with Crippen molar-refractivity contribution in [3.05, 3.63) is 0 Å². The predicted molar refractivity (Wildman–Crippen MR) is 50.4 cm³/mol. The van der Waals surface area contributed by atoms with Crippen molar-refractivity contribution in [3.8, 4) is 0 Å². The number of oxime groups is 1. The van der Waals surface area contributed by atoms with E-state index in [2.05, 4.69) is 24.0 Å². The van der Waals surface area contributed by atoms with Crippen LogP contribution in [0.2, 0.25) is 0 Å². The third-order valence-corrected chi connectivity index (χ3v) is 2.05. The second-order valence-electron chi connectivity index (χ2n) is 3.29. The van der Waals surface area contributed by atoms with Gasteiger partial charge in [0.25, 0.3) is 0 Å². The fourth-order valence-electron chi connectivity index (χ4n) is 1.20. The molecule has 1 aliphatic heterocycles. The predicted octanol–water partition coefficient (Wildman–Crippen LogP) is 1.49. The molecular formula is C9H18N2O. The van der Waals surface area contributed by atoms with Gasteiger partial charge >= 0.3 is 0 Å². The zero-order chi connectivity index (χ0) is 8.81. The largest absolute Gasteiger partial charge is 0.396 e. The normalized spacial score (nSPS) is 19.3. The molecule has 1 fully saturated rings. The Kier molecular flexibility index (Phi) is 4.08. The molecule has 0 aromatic heterocycles. The highest BCUT2D eigenvalue weighted by molar-refractivity contribution is 5.84.